The second-order valence-electron chi connectivity index (χ2n) is 8.64. The SMILES string of the molecule is O=C(NC1CC1)C(Sc1nnc(-c2ccccc2)n1Cc1ccc2c(c1)OCO2)c1ccccc1. The van der Waals surface area contributed by atoms with Gasteiger partial charge in [0.15, 0.2) is 22.5 Å². The van der Waals surface area contributed by atoms with Gasteiger partial charge in [0.2, 0.25) is 12.7 Å². The number of amides is 1. The number of carbonyl (C=O) groups is 1. The van der Waals surface area contributed by atoms with E-state index in [4.69, 9.17) is 9.47 Å². The molecule has 1 N–H and O–H groups in total. The number of benzene rings is 3. The number of rotatable bonds is 8. The molecule has 3 aromatic carbocycles. The largest absolute Gasteiger partial charge is 0.454 e. The summed E-state index contributed by atoms with van der Waals surface area (Å²) in [4.78, 5) is 13.3. The van der Waals surface area contributed by atoms with Gasteiger partial charge in [0, 0.05) is 11.6 Å². The van der Waals surface area contributed by atoms with Crippen molar-refractivity contribution in [1.82, 2.24) is 20.1 Å². The Labute approximate surface area is 207 Å². The van der Waals surface area contributed by atoms with Crippen LogP contribution >= 0.6 is 11.8 Å². The van der Waals surface area contributed by atoms with Crippen molar-refractivity contribution in [1.29, 1.82) is 0 Å². The highest BCUT2D eigenvalue weighted by Gasteiger charge is 2.31. The molecule has 176 valence electrons. The summed E-state index contributed by atoms with van der Waals surface area (Å²) in [7, 11) is 0. The van der Waals surface area contributed by atoms with Crippen LogP contribution < -0.4 is 14.8 Å². The first-order valence-electron chi connectivity index (χ1n) is 11.6. The topological polar surface area (TPSA) is 78.3 Å². The quantitative estimate of drug-likeness (QED) is 0.361. The molecule has 1 aliphatic heterocycles. The number of hydrogen-bond donors (Lipinski definition) is 1. The molecule has 6 rings (SSSR count). The van der Waals surface area contributed by atoms with Gasteiger partial charge in [-0.1, -0.05) is 78.5 Å². The monoisotopic (exact) mass is 484 g/mol. The van der Waals surface area contributed by atoms with Gasteiger partial charge < -0.3 is 14.8 Å². The second-order valence-corrected chi connectivity index (χ2v) is 9.71. The number of carbonyl (C=O) groups excluding carboxylic acids is 1. The Morgan fingerprint density at radius 3 is 2.49 bits per heavy atom. The third-order valence-corrected chi connectivity index (χ3v) is 7.25. The molecule has 1 aliphatic carbocycles. The Balaban J connectivity index is 1.37. The van der Waals surface area contributed by atoms with E-state index in [9.17, 15) is 4.79 Å². The molecule has 2 heterocycles. The maximum atomic E-state index is 13.3. The van der Waals surface area contributed by atoms with Crippen molar-refractivity contribution in [3.8, 4) is 22.9 Å². The van der Waals surface area contributed by atoms with Gasteiger partial charge in [0.1, 0.15) is 5.25 Å². The molecule has 1 saturated carbocycles. The smallest absolute Gasteiger partial charge is 0.238 e. The van der Waals surface area contributed by atoms with Crippen LogP contribution in [0.15, 0.2) is 84.0 Å². The summed E-state index contributed by atoms with van der Waals surface area (Å²) in [5.41, 5.74) is 2.94. The lowest BCUT2D eigenvalue weighted by Gasteiger charge is -2.18. The molecule has 0 saturated heterocycles. The number of fused-ring (bicyclic) bond motifs is 1. The molecule has 1 unspecified atom stereocenters. The van der Waals surface area contributed by atoms with Crippen LogP contribution in [-0.4, -0.2) is 33.5 Å². The van der Waals surface area contributed by atoms with E-state index in [0.717, 1.165) is 46.9 Å². The van der Waals surface area contributed by atoms with Gasteiger partial charge in [-0.05, 0) is 36.1 Å². The minimum atomic E-state index is -0.430. The van der Waals surface area contributed by atoms with Gasteiger partial charge >= 0.3 is 0 Å². The zero-order chi connectivity index (χ0) is 23.6. The van der Waals surface area contributed by atoms with Crippen LogP contribution in [0.2, 0.25) is 0 Å². The van der Waals surface area contributed by atoms with Crippen molar-refractivity contribution < 1.29 is 14.3 Å². The zero-order valence-electron chi connectivity index (χ0n) is 19.0. The molecular formula is C27H24N4O3S. The van der Waals surface area contributed by atoms with Crippen molar-refractivity contribution in [2.75, 3.05) is 6.79 Å². The Morgan fingerprint density at radius 2 is 1.71 bits per heavy atom. The minimum Gasteiger partial charge on any atom is -0.454 e. The Bertz CT molecular complexity index is 1340. The van der Waals surface area contributed by atoms with E-state index in [-0.39, 0.29) is 18.7 Å². The van der Waals surface area contributed by atoms with Crippen LogP contribution in [0, 0.1) is 0 Å². The van der Waals surface area contributed by atoms with Gasteiger partial charge in [0.25, 0.3) is 0 Å². The van der Waals surface area contributed by atoms with Crippen LogP contribution in [0.3, 0.4) is 0 Å². The number of thioether (sulfide) groups is 1. The lowest BCUT2D eigenvalue weighted by molar-refractivity contribution is -0.120. The van der Waals surface area contributed by atoms with E-state index in [2.05, 4.69) is 20.1 Å². The highest BCUT2D eigenvalue weighted by Crippen LogP contribution is 2.38. The van der Waals surface area contributed by atoms with Crippen molar-refractivity contribution in [3.05, 3.63) is 90.0 Å². The predicted octanol–water partition coefficient (Wildman–Crippen LogP) is 4.83. The number of ether oxygens (including phenoxy) is 2. The fourth-order valence-corrected chi connectivity index (χ4v) is 5.10. The van der Waals surface area contributed by atoms with Gasteiger partial charge in [-0.25, -0.2) is 0 Å². The standard InChI is InChI=1S/C27H24N4O3S/c32-26(28-21-12-13-21)24(19-7-3-1-4-8-19)35-27-30-29-25(20-9-5-2-6-10-20)31(27)16-18-11-14-22-23(15-18)34-17-33-22/h1-11,14-15,21,24H,12-13,16-17H2,(H,28,32). The summed E-state index contributed by atoms with van der Waals surface area (Å²) in [5.74, 6) is 2.23. The number of nitrogens with one attached hydrogen (secondary N) is 1. The van der Waals surface area contributed by atoms with Crippen LogP contribution in [0.25, 0.3) is 11.4 Å². The molecule has 0 spiro atoms. The van der Waals surface area contributed by atoms with E-state index in [1.165, 1.54) is 11.8 Å². The summed E-state index contributed by atoms with van der Waals surface area (Å²) in [6, 6.07) is 26.0. The van der Waals surface area contributed by atoms with E-state index in [1.807, 2.05) is 78.9 Å². The number of nitrogens with zero attached hydrogens (tertiary/aromatic N) is 3. The molecular weight excluding hydrogens is 460 g/mol. The maximum Gasteiger partial charge on any atom is 0.238 e. The third kappa shape index (κ3) is 4.74. The first-order valence-corrected chi connectivity index (χ1v) is 12.5. The van der Waals surface area contributed by atoms with Crippen molar-refractivity contribution in [2.45, 2.75) is 35.8 Å². The van der Waals surface area contributed by atoms with Crippen molar-refractivity contribution in [2.24, 2.45) is 0 Å². The molecule has 1 aromatic heterocycles. The molecule has 2 aliphatic rings. The first-order chi connectivity index (χ1) is 17.2. The van der Waals surface area contributed by atoms with E-state index in [1.54, 1.807) is 0 Å². The highest BCUT2D eigenvalue weighted by molar-refractivity contribution is 8.00. The van der Waals surface area contributed by atoms with Crippen LogP contribution in [-0.2, 0) is 11.3 Å². The molecule has 35 heavy (non-hydrogen) atoms. The van der Waals surface area contributed by atoms with Gasteiger partial charge in [0.05, 0.1) is 6.54 Å². The van der Waals surface area contributed by atoms with Crippen LogP contribution in [0.1, 0.15) is 29.2 Å². The minimum absolute atomic E-state index is 0.00240. The average molecular weight is 485 g/mol. The van der Waals surface area contributed by atoms with Gasteiger partial charge in [-0.3, -0.25) is 9.36 Å². The van der Waals surface area contributed by atoms with Crippen molar-refractivity contribution in [3.63, 3.8) is 0 Å². The number of aromatic nitrogens is 3. The Kier molecular flexibility index (Phi) is 5.88. The molecule has 4 aromatic rings. The van der Waals surface area contributed by atoms with E-state index >= 15 is 0 Å². The molecule has 0 bridgehead atoms. The molecule has 0 radical (unpaired) electrons. The van der Waals surface area contributed by atoms with Crippen LogP contribution in [0.5, 0.6) is 11.5 Å². The fraction of sp³-hybridized carbons (Fsp3) is 0.222. The van der Waals surface area contributed by atoms with Gasteiger partial charge in [-0.2, -0.15) is 0 Å². The first kappa shape index (κ1) is 21.7. The normalized spacial score (nSPS) is 15.1. The molecule has 7 nitrogen and oxygen atoms in total. The lowest BCUT2D eigenvalue weighted by Crippen LogP contribution is -2.30. The fourth-order valence-electron chi connectivity index (χ4n) is 4.05. The summed E-state index contributed by atoms with van der Waals surface area (Å²) < 4.78 is 13.1. The summed E-state index contributed by atoms with van der Waals surface area (Å²) >= 11 is 1.43. The van der Waals surface area contributed by atoms with Crippen LogP contribution in [0.4, 0.5) is 0 Å². The van der Waals surface area contributed by atoms with Crippen molar-refractivity contribution >= 4 is 17.7 Å². The summed E-state index contributed by atoms with van der Waals surface area (Å²) in [6.45, 7) is 0.763. The Hall–Kier alpha value is -3.78. The third-order valence-electron chi connectivity index (χ3n) is 6.01. The average Bonchev–Trinajstić information content (AvgIpc) is 3.43. The zero-order valence-corrected chi connectivity index (χ0v) is 19.8. The molecule has 1 amide bonds. The molecule has 1 fully saturated rings. The molecule has 8 heteroatoms. The Morgan fingerprint density at radius 1 is 0.971 bits per heavy atom. The highest BCUT2D eigenvalue weighted by atomic mass is 32.2. The van der Waals surface area contributed by atoms with E-state index in [0.29, 0.717) is 11.7 Å². The van der Waals surface area contributed by atoms with Gasteiger partial charge in [-0.15, -0.1) is 10.2 Å². The number of hydrogen-bond acceptors (Lipinski definition) is 6. The summed E-state index contributed by atoms with van der Waals surface area (Å²) in [6.07, 6.45) is 2.08. The predicted molar refractivity (Wildman–Crippen MR) is 133 cm³/mol. The van der Waals surface area contributed by atoms with E-state index < -0.39 is 5.25 Å². The summed E-state index contributed by atoms with van der Waals surface area (Å²) in [5, 5.41) is 12.5. The second kappa shape index (κ2) is 9.46. The lowest BCUT2D eigenvalue weighted by atomic mass is 10.1. The maximum absolute atomic E-state index is 13.3. The molecule has 1 atom stereocenters.